The predicted octanol–water partition coefficient (Wildman–Crippen LogP) is 1.60. The second kappa shape index (κ2) is 5.18. The van der Waals surface area contributed by atoms with Gasteiger partial charge in [-0.3, -0.25) is 4.68 Å². The number of nitrogens with zero attached hydrogens (tertiary/aromatic N) is 2. The molecule has 0 radical (unpaired) electrons. The third-order valence-corrected chi connectivity index (χ3v) is 2.98. The minimum atomic E-state index is 0.715. The van der Waals surface area contributed by atoms with Gasteiger partial charge in [-0.25, -0.2) is 0 Å². The molecule has 0 spiro atoms. The minimum Gasteiger partial charge on any atom is -0.301 e. The summed E-state index contributed by atoms with van der Waals surface area (Å²) < 4.78 is 2.96. The fourth-order valence-corrected chi connectivity index (χ4v) is 1.68. The molecule has 1 aromatic rings. The van der Waals surface area contributed by atoms with E-state index in [4.69, 9.17) is 0 Å². The third-order valence-electron chi connectivity index (χ3n) is 1.94. The summed E-state index contributed by atoms with van der Waals surface area (Å²) in [5.74, 6) is 5.80. The van der Waals surface area contributed by atoms with Gasteiger partial charge in [0.2, 0.25) is 0 Å². The molecule has 0 aromatic carbocycles. The summed E-state index contributed by atoms with van der Waals surface area (Å²) in [6.07, 6.45) is 0. The van der Waals surface area contributed by atoms with E-state index in [9.17, 15) is 0 Å². The number of hydrogen-bond donors (Lipinski definition) is 1. The fraction of sp³-hybridized carbons (Fsp3) is 0.500. The molecule has 76 valence electrons. The lowest BCUT2D eigenvalue weighted by atomic mass is 10.3. The molecule has 0 atom stereocenters. The number of hydrogen-bond acceptors (Lipinski definition) is 2. The summed E-state index contributed by atoms with van der Waals surface area (Å²) in [7, 11) is 1.94. The second-order valence-corrected chi connectivity index (χ2v) is 3.79. The predicted molar refractivity (Wildman–Crippen MR) is 60.8 cm³/mol. The number of aryl methyl sites for hydroxylation is 2. The van der Waals surface area contributed by atoms with Crippen molar-refractivity contribution in [1.29, 1.82) is 0 Å². The van der Waals surface area contributed by atoms with Crippen LogP contribution in [0.25, 0.3) is 0 Å². The molecule has 0 bridgehead atoms. The zero-order chi connectivity index (χ0) is 10.6. The van der Waals surface area contributed by atoms with Crippen molar-refractivity contribution in [3.8, 4) is 11.8 Å². The van der Waals surface area contributed by atoms with Crippen molar-refractivity contribution >= 4 is 15.9 Å². The molecule has 4 heteroatoms. The molecular weight excluding hydrogens is 242 g/mol. The number of nitrogens with one attached hydrogen (secondary N) is 1. The Morgan fingerprint density at radius 2 is 2.29 bits per heavy atom. The van der Waals surface area contributed by atoms with Gasteiger partial charge in [-0.05, 0) is 29.8 Å². The smallest absolute Gasteiger partial charge is 0.0739 e. The van der Waals surface area contributed by atoms with Crippen LogP contribution in [0, 0.1) is 18.8 Å². The zero-order valence-corrected chi connectivity index (χ0v) is 10.3. The van der Waals surface area contributed by atoms with Crippen molar-refractivity contribution in [2.75, 3.05) is 6.54 Å². The van der Waals surface area contributed by atoms with Crippen LogP contribution in [0.3, 0.4) is 0 Å². The van der Waals surface area contributed by atoms with Crippen LogP contribution < -0.4 is 5.32 Å². The largest absolute Gasteiger partial charge is 0.301 e. The molecule has 0 saturated carbocycles. The Labute approximate surface area is 93.0 Å². The summed E-state index contributed by atoms with van der Waals surface area (Å²) in [4.78, 5) is 0. The maximum atomic E-state index is 4.30. The van der Waals surface area contributed by atoms with Crippen LogP contribution in [0.15, 0.2) is 4.47 Å². The van der Waals surface area contributed by atoms with Crippen LogP contribution in [0.2, 0.25) is 0 Å². The van der Waals surface area contributed by atoms with Gasteiger partial charge in [0.15, 0.2) is 0 Å². The molecule has 1 rings (SSSR count). The van der Waals surface area contributed by atoms with Crippen LogP contribution in [-0.4, -0.2) is 16.3 Å². The molecule has 0 saturated heterocycles. The summed E-state index contributed by atoms with van der Waals surface area (Å²) in [6.45, 7) is 5.32. The molecule has 0 aliphatic carbocycles. The van der Waals surface area contributed by atoms with E-state index in [-0.39, 0.29) is 0 Å². The highest BCUT2D eigenvalue weighted by atomic mass is 79.9. The first kappa shape index (κ1) is 11.3. The first-order chi connectivity index (χ1) is 6.66. The van der Waals surface area contributed by atoms with E-state index in [2.05, 4.69) is 38.2 Å². The highest BCUT2D eigenvalue weighted by Gasteiger charge is 2.08. The lowest BCUT2D eigenvalue weighted by Crippen LogP contribution is -2.16. The van der Waals surface area contributed by atoms with Crippen molar-refractivity contribution < 1.29 is 0 Å². The lowest BCUT2D eigenvalue weighted by Gasteiger charge is -2.02. The second-order valence-electron chi connectivity index (χ2n) is 3.00. The Hall–Kier alpha value is -0.790. The van der Waals surface area contributed by atoms with Gasteiger partial charge >= 0.3 is 0 Å². The van der Waals surface area contributed by atoms with Crippen LogP contribution >= 0.6 is 15.9 Å². The van der Waals surface area contributed by atoms with Crippen LogP contribution in [0.1, 0.15) is 18.3 Å². The van der Waals surface area contributed by atoms with E-state index in [1.807, 2.05) is 25.6 Å². The Bertz CT molecular complexity index is 371. The van der Waals surface area contributed by atoms with Gasteiger partial charge in [0.05, 0.1) is 22.4 Å². The monoisotopic (exact) mass is 255 g/mol. The van der Waals surface area contributed by atoms with Gasteiger partial charge in [-0.15, -0.1) is 5.92 Å². The third kappa shape index (κ3) is 2.60. The first-order valence-electron chi connectivity index (χ1n) is 4.45. The number of rotatable bonds is 3. The topological polar surface area (TPSA) is 29.9 Å². The number of halogens is 1. The first-order valence-corrected chi connectivity index (χ1v) is 5.24. The van der Waals surface area contributed by atoms with Crippen molar-refractivity contribution in [1.82, 2.24) is 15.1 Å². The van der Waals surface area contributed by atoms with Gasteiger partial charge in [0, 0.05) is 13.6 Å². The quantitative estimate of drug-likeness (QED) is 0.657. The molecule has 0 fully saturated rings. The van der Waals surface area contributed by atoms with E-state index in [0.29, 0.717) is 6.54 Å². The molecule has 0 unspecified atom stereocenters. The van der Waals surface area contributed by atoms with Gasteiger partial charge in [-0.2, -0.15) is 5.10 Å². The zero-order valence-electron chi connectivity index (χ0n) is 8.69. The highest BCUT2D eigenvalue weighted by molar-refractivity contribution is 9.10. The Balaban J connectivity index is 2.61. The van der Waals surface area contributed by atoms with Crippen LogP contribution in [0.5, 0.6) is 0 Å². The molecule has 0 aliphatic heterocycles. The molecule has 1 N–H and O–H groups in total. The molecular formula is C10H14BrN3. The minimum absolute atomic E-state index is 0.715. The number of aromatic nitrogens is 2. The van der Waals surface area contributed by atoms with Gasteiger partial charge in [-0.1, -0.05) is 5.92 Å². The average Bonchev–Trinajstić information content (AvgIpc) is 2.38. The SMILES string of the molecule is CC#CCNCc1c(Br)c(C)nn1C. The standard InChI is InChI=1S/C10H14BrN3/c1-4-5-6-12-7-9-10(11)8(2)13-14(9)3/h12H,6-7H2,1-3H3. The van der Waals surface area contributed by atoms with Crippen molar-refractivity contribution in [2.45, 2.75) is 20.4 Å². The normalized spacial score (nSPS) is 9.71. The molecule has 0 aliphatic rings. The summed E-state index contributed by atoms with van der Waals surface area (Å²) >= 11 is 3.51. The maximum Gasteiger partial charge on any atom is 0.0739 e. The molecule has 14 heavy (non-hydrogen) atoms. The lowest BCUT2D eigenvalue weighted by molar-refractivity contribution is 0.654. The van der Waals surface area contributed by atoms with Gasteiger partial charge < -0.3 is 5.32 Å². The summed E-state index contributed by atoms with van der Waals surface area (Å²) in [6, 6.07) is 0. The Morgan fingerprint density at radius 3 is 2.79 bits per heavy atom. The fourth-order valence-electron chi connectivity index (χ4n) is 1.20. The van der Waals surface area contributed by atoms with Gasteiger partial charge in [0.1, 0.15) is 0 Å². The van der Waals surface area contributed by atoms with Crippen LogP contribution in [-0.2, 0) is 13.6 Å². The van der Waals surface area contributed by atoms with Crippen molar-refractivity contribution in [3.05, 3.63) is 15.9 Å². The van der Waals surface area contributed by atoms with E-state index in [1.165, 1.54) is 0 Å². The van der Waals surface area contributed by atoms with E-state index < -0.39 is 0 Å². The van der Waals surface area contributed by atoms with Gasteiger partial charge in [0.25, 0.3) is 0 Å². The summed E-state index contributed by atoms with van der Waals surface area (Å²) in [5, 5.41) is 7.54. The molecule has 1 heterocycles. The molecule has 1 aromatic heterocycles. The average molecular weight is 256 g/mol. The summed E-state index contributed by atoms with van der Waals surface area (Å²) in [5.41, 5.74) is 2.17. The Kier molecular flexibility index (Phi) is 4.18. The Morgan fingerprint density at radius 1 is 1.57 bits per heavy atom. The van der Waals surface area contributed by atoms with Crippen molar-refractivity contribution in [2.24, 2.45) is 7.05 Å². The molecule has 3 nitrogen and oxygen atoms in total. The van der Waals surface area contributed by atoms with Crippen molar-refractivity contribution in [3.63, 3.8) is 0 Å². The van der Waals surface area contributed by atoms with Crippen LogP contribution in [0.4, 0.5) is 0 Å². The van der Waals surface area contributed by atoms with E-state index >= 15 is 0 Å². The maximum absolute atomic E-state index is 4.30. The molecule has 0 amide bonds. The van der Waals surface area contributed by atoms with E-state index in [0.717, 1.165) is 22.4 Å². The van der Waals surface area contributed by atoms with E-state index in [1.54, 1.807) is 0 Å². The highest BCUT2D eigenvalue weighted by Crippen LogP contribution is 2.19.